The molecule has 1 aliphatic rings. The summed E-state index contributed by atoms with van der Waals surface area (Å²) >= 11 is 0. The van der Waals surface area contributed by atoms with Crippen molar-refractivity contribution in [2.24, 2.45) is 0 Å². The summed E-state index contributed by atoms with van der Waals surface area (Å²) in [6.07, 6.45) is -0.763. The van der Waals surface area contributed by atoms with Crippen molar-refractivity contribution in [3.8, 4) is 11.3 Å². The molecular formula is C22H22FN3O2. The van der Waals surface area contributed by atoms with Crippen molar-refractivity contribution in [3.63, 3.8) is 0 Å². The van der Waals surface area contributed by atoms with Gasteiger partial charge in [0.15, 0.2) is 0 Å². The lowest BCUT2D eigenvalue weighted by Gasteiger charge is -2.29. The summed E-state index contributed by atoms with van der Waals surface area (Å²) in [6, 6.07) is 15.5. The predicted molar refractivity (Wildman–Crippen MR) is 104 cm³/mol. The lowest BCUT2D eigenvalue weighted by Crippen LogP contribution is -2.39. The first-order valence-corrected chi connectivity index (χ1v) is 9.35. The third-order valence-electron chi connectivity index (χ3n) is 5.25. The molecule has 1 aromatic heterocycles. The minimum atomic E-state index is -0.813. The summed E-state index contributed by atoms with van der Waals surface area (Å²) in [7, 11) is 0. The molecule has 2 aromatic carbocycles. The van der Waals surface area contributed by atoms with Gasteiger partial charge in [0.1, 0.15) is 11.6 Å². The fraction of sp³-hybridized carbons (Fsp3) is 0.273. The Bertz CT molecular complexity index is 983. The Balaban J connectivity index is 1.49. The van der Waals surface area contributed by atoms with E-state index < -0.39 is 6.10 Å². The third-order valence-corrected chi connectivity index (χ3v) is 5.25. The zero-order chi connectivity index (χ0) is 19.7. The number of aromatic nitrogens is 2. The topological polar surface area (TPSA) is 58.4 Å². The number of hydrogen-bond donors (Lipinski definition) is 1. The first kappa shape index (κ1) is 18.4. The number of aliphatic hydroxyl groups is 1. The quantitative estimate of drug-likeness (QED) is 0.755. The molecule has 3 aromatic rings. The van der Waals surface area contributed by atoms with E-state index in [0.29, 0.717) is 19.6 Å². The van der Waals surface area contributed by atoms with Gasteiger partial charge in [-0.15, -0.1) is 0 Å². The zero-order valence-corrected chi connectivity index (χ0v) is 15.7. The van der Waals surface area contributed by atoms with Crippen LogP contribution in [0.25, 0.3) is 11.3 Å². The number of benzene rings is 2. The molecule has 0 spiro atoms. The number of rotatable bonds is 4. The van der Waals surface area contributed by atoms with Gasteiger partial charge in [-0.25, -0.2) is 9.37 Å². The van der Waals surface area contributed by atoms with Gasteiger partial charge in [0.2, 0.25) is 5.91 Å². The molecule has 5 nitrogen and oxygen atoms in total. The molecule has 0 bridgehead atoms. The number of fused-ring (bicyclic) bond motifs is 1. The summed E-state index contributed by atoms with van der Waals surface area (Å²) in [5, 5.41) is 10.3. The first-order chi connectivity index (χ1) is 13.5. The van der Waals surface area contributed by atoms with E-state index in [1.165, 1.54) is 12.1 Å². The number of carbonyl (C=O) groups excluding carboxylic acids is 1. The van der Waals surface area contributed by atoms with Gasteiger partial charge in [-0.3, -0.25) is 4.79 Å². The van der Waals surface area contributed by atoms with Crippen LogP contribution in [0.5, 0.6) is 0 Å². The average molecular weight is 379 g/mol. The normalized spacial score (nSPS) is 14.6. The number of amides is 1. The van der Waals surface area contributed by atoms with Gasteiger partial charge in [0.25, 0.3) is 0 Å². The number of aliphatic hydroxyl groups excluding tert-OH is 1. The van der Waals surface area contributed by atoms with Gasteiger partial charge in [-0.2, -0.15) is 0 Å². The van der Waals surface area contributed by atoms with Crippen LogP contribution in [0.4, 0.5) is 4.39 Å². The van der Waals surface area contributed by atoms with Crippen molar-refractivity contribution in [3.05, 3.63) is 77.5 Å². The Labute approximate surface area is 163 Å². The van der Waals surface area contributed by atoms with E-state index in [0.717, 1.165) is 28.3 Å². The third kappa shape index (κ3) is 3.55. The number of nitrogens with zero attached hydrogens (tertiary/aromatic N) is 3. The van der Waals surface area contributed by atoms with Crippen LogP contribution in [0, 0.1) is 12.7 Å². The molecule has 1 amide bonds. The van der Waals surface area contributed by atoms with E-state index >= 15 is 0 Å². The number of halogens is 1. The second kappa shape index (κ2) is 7.56. The minimum absolute atomic E-state index is 0.0501. The summed E-state index contributed by atoms with van der Waals surface area (Å²) in [6.45, 7) is 3.63. The van der Waals surface area contributed by atoms with Crippen LogP contribution in [-0.2, 0) is 17.9 Å². The standard InChI is InChI=1S/C22H22FN3O2/c1-15-22(17-7-9-18(23)10-8-17)24-20-14-25(11-12-26(15)20)21(28)13-19(27)16-5-3-2-4-6-16/h2-10,19,27H,11-14H2,1H3. The molecule has 0 radical (unpaired) electrons. The van der Waals surface area contributed by atoms with Gasteiger partial charge in [0.05, 0.1) is 24.8 Å². The van der Waals surface area contributed by atoms with Crippen LogP contribution in [0.3, 0.4) is 0 Å². The van der Waals surface area contributed by atoms with Crippen molar-refractivity contribution in [1.29, 1.82) is 0 Å². The minimum Gasteiger partial charge on any atom is -0.388 e. The highest BCUT2D eigenvalue weighted by molar-refractivity contribution is 5.77. The average Bonchev–Trinajstić information content (AvgIpc) is 3.05. The van der Waals surface area contributed by atoms with E-state index in [1.807, 2.05) is 37.3 Å². The fourth-order valence-corrected chi connectivity index (χ4v) is 3.66. The maximum atomic E-state index is 13.2. The summed E-state index contributed by atoms with van der Waals surface area (Å²) in [5.41, 5.74) is 3.42. The first-order valence-electron chi connectivity index (χ1n) is 9.35. The van der Waals surface area contributed by atoms with Crippen LogP contribution < -0.4 is 0 Å². The SMILES string of the molecule is Cc1c(-c2ccc(F)cc2)nc2n1CCN(C(=O)CC(O)c1ccccc1)C2. The van der Waals surface area contributed by atoms with Gasteiger partial charge < -0.3 is 14.6 Å². The Hall–Kier alpha value is -2.99. The van der Waals surface area contributed by atoms with Gasteiger partial charge in [0, 0.05) is 24.3 Å². The van der Waals surface area contributed by atoms with Crippen LogP contribution in [-0.4, -0.2) is 32.0 Å². The molecule has 28 heavy (non-hydrogen) atoms. The highest BCUT2D eigenvalue weighted by Gasteiger charge is 2.26. The molecule has 2 heterocycles. The molecule has 4 rings (SSSR count). The lowest BCUT2D eigenvalue weighted by molar-refractivity contribution is -0.134. The molecule has 1 N–H and O–H groups in total. The Morgan fingerprint density at radius 2 is 1.86 bits per heavy atom. The molecule has 0 saturated carbocycles. The molecule has 1 aliphatic heterocycles. The van der Waals surface area contributed by atoms with Gasteiger partial charge in [-0.05, 0) is 36.8 Å². The highest BCUT2D eigenvalue weighted by Crippen LogP contribution is 2.27. The van der Waals surface area contributed by atoms with Crippen LogP contribution in [0.1, 0.15) is 29.6 Å². The zero-order valence-electron chi connectivity index (χ0n) is 15.7. The van der Waals surface area contributed by atoms with Crippen molar-refractivity contribution in [2.45, 2.75) is 32.5 Å². The predicted octanol–water partition coefficient (Wildman–Crippen LogP) is 3.46. The second-order valence-corrected chi connectivity index (χ2v) is 7.07. The molecule has 144 valence electrons. The Morgan fingerprint density at radius 3 is 2.57 bits per heavy atom. The molecule has 1 unspecified atom stereocenters. The smallest absolute Gasteiger partial charge is 0.225 e. The van der Waals surface area contributed by atoms with Crippen molar-refractivity contribution >= 4 is 5.91 Å². The van der Waals surface area contributed by atoms with Gasteiger partial charge in [-0.1, -0.05) is 30.3 Å². The molecular weight excluding hydrogens is 357 g/mol. The monoisotopic (exact) mass is 379 g/mol. The fourth-order valence-electron chi connectivity index (χ4n) is 3.66. The van der Waals surface area contributed by atoms with E-state index in [4.69, 9.17) is 4.98 Å². The van der Waals surface area contributed by atoms with Crippen LogP contribution in [0.15, 0.2) is 54.6 Å². The summed E-state index contributed by atoms with van der Waals surface area (Å²) in [4.78, 5) is 19.1. The van der Waals surface area contributed by atoms with Gasteiger partial charge >= 0.3 is 0 Å². The maximum absolute atomic E-state index is 13.2. The summed E-state index contributed by atoms with van der Waals surface area (Å²) < 4.78 is 15.3. The van der Waals surface area contributed by atoms with Crippen molar-refractivity contribution in [2.75, 3.05) is 6.54 Å². The van der Waals surface area contributed by atoms with Crippen LogP contribution in [0.2, 0.25) is 0 Å². The summed E-state index contributed by atoms with van der Waals surface area (Å²) in [5.74, 6) is 0.441. The number of hydrogen-bond acceptors (Lipinski definition) is 3. The highest BCUT2D eigenvalue weighted by atomic mass is 19.1. The van der Waals surface area contributed by atoms with Crippen LogP contribution >= 0.6 is 0 Å². The molecule has 6 heteroatoms. The lowest BCUT2D eigenvalue weighted by atomic mass is 10.1. The molecule has 0 saturated heterocycles. The Morgan fingerprint density at radius 1 is 1.14 bits per heavy atom. The van der Waals surface area contributed by atoms with E-state index in [-0.39, 0.29) is 18.1 Å². The van der Waals surface area contributed by atoms with Crippen molar-refractivity contribution < 1.29 is 14.3 Å². The van der Waals surface area contributed by atoms with E-state index in [9.17, 15) is 14.3 Å². The number of carbonyl (C=O) groups is 1. The van der Waals surface area contributed by atoms with E-state index in [2.05, 4.69) is 4.57 Å². The number of imidazole rings is 1. The second-order valence-electron chi connectivity index (χ2n) is 7.07. The molecule has 0 fully saturated rings. The molecule has 0 aliphatic carbocycles. The molecule has 1 atom stereocenters. The maximum Gasteiger partial charge on any atom is 0.225 e. The largest absolute Gasteiger partial charge is 0.388 e. The Kier molecular flexibility index (Phi) is 4.96. The van der Waals surface area contributed by atoms with E-state index in [1.54, 1.807) is 17.0 Å². The van der Waals surface area contributed by atoms with Crippen molar-refractivity contribution in [1.82, 2.24) is 14.5 Å².